The molecule has 25 heavy (non-hydrogen) atoms. The molecule has 2 aromatic carbocycles. The monoisotopic (exact) mass is 354 g/mol. The molecule has 0 aliphatic heterocycles. The molecule has 0 atom stereocenters. The molecule has 1 heterocycles. The molecule has 126 valence electrons. The van der Waals surface area contributed by atoms with Crippen molar-refractivity contribution in [2.45, 2.75) is 6.61 Å². The third kappa shape index (κ3) is 5.15. The average molecular weight is 355 g/mol. The number of aromatic nitrogens is 3. The number of halogens is 1. The summed E-state index contributed by atoms with van der Waals surface area (Å²) in [7, 11) is 0. The first-order chi connectivity index (χ1) is 12.2. The fourth-order valence-electron chi connectivity index (χ4n) is 1.95. The van der Waals surface area contributed by atoms with E-state index >= 15 is 0 Å². The van der Waals surface area contributed by atoms with E-state index in [1.165, 1.54) is 0 Å². The van der Waals surface area contributed by atoms with Crippen molar-refractivity contribution in [3.63, 3.8) is 0 Å². The van der Waals surface area contributed by atoms with Crippen molar-refractivity contribution in [2.75, 3.05) is 11.1 Å². The summed E-state index contributed by atoms with van der Waals surface area (Å²) in [6, 6.07) is 16.7. The van der Waals surface area contributed by atoms with Crippen LogP contribution in [0.25, 0.3) is 0 Å². The van der Waals surface area contributed by atoms with Gasteiger partial charge in [0.15, 0.2) is 12.4 Å². The number of hydrogen-bond acceptors (Lipinski definition) is 7. The number of para-hydroxylation sites is 1. The first kappa shape index (κ1) is 16.7. The number of hydrogen-bond donors (Lipinski definition) is 2. The van der Waals surface area contributed by atoms with Gasteiger partial charge < -0.3 is 15.9 Å². The van der Waals surface area contributed by atoms with Crippen molar-refractivity contribution in [1.29, 1.82) is 0 Å². The molecule has 0 unspecified atom stereocenters. The lowest BCUT2D eigenvalue weighted by molar-refractivity contribution is 0.126. The molecule has 3 N–H and O–H groups in total. The van der Waals surface area contributed by atoms with Crippen LogP contribution in [0.5, 0.6) is 0 Å². The van der Waals surface area contributed by atoms with Gasteiger partial charge >= 0.3 is 0 Å². The second kappa shape index (κ2) is 8.07. The van der Waals surface area contributed by atoms with Crippen molar-refractivity contribution >= 4 is 35.4 Å². The summed E-state index contributed by atoms with van der Waals surface area (Å²) in [4.78, 5) is 17.6. The molecule has 0 aliphatic rings. The maximum absolute atomic E-state index is 5.82. The Bertz CT molecular complexity index is 855. The van der Waals surface area contributed by atoms with Crippen LogP contribution in [-0.4, -0.2) is 21.2 Å². The zero-order chi connectivity index (χ0) is 17.5. The molecule has 0 radical (unpaired) electrons. The summed E-state index contributed by atoms with van der Waals surface area (Å²) in [5.41, 5.74) is 7.43. The normalized spacial score (nSPS) is 10.8. The zero-order valence-electron chi connectivity index (χ0n) is 13.1. The summed E-state index contributed by atoms with van der Waals surface area (Å²) >= 11 is 5.82. The Morgan fingerprint density at radius 1 is 1.04 bits per heavy atom. The molecule has 7 nitrogen and oxygen atoms in total. The van der Waals surface area contributed by atoms with Crippen LogP contribution in [0.4, 0.5) is 17.6 Å². The van der Waals surface area contributed by atoms with Crippen LogP contribution in [0.3, 0.4) is 0 Å². The quantitative estimate of drug-likeness (QED) is 0.520. The third-order valence-corrected chi connectivity index (χ3v) is 3.32. The van der Waals surface area contributed by atoms with Crippen LogP contribution >= 0.6 is 11.6 Å². The summed E-state index contributed by atoms with van der Waals surface area (Å²) in [5.74, 6) is 0.826. The summed E-state index contributed by atoms with van der Waals surface area (Å²) in [6.45, 7) is 0.0697. The summed E-state index contributed by atoms with van der Waals surface area (Å²) < 4.78 is 0. The van der Waals surface area contributed by atoms with Gasteiger partial charge in [-0.3, -0.25) is 0 Å². The van der Waals surface area contributed by atoms with Crippen LogP contribution in [0, 0.1) is 0 Å². The first-order valence-electron chi connectivity index (χ1n) is 7.42. The third-order valence-electron chi connectivity index (χ3n) is 3.07. The van der Waals surface area contributed by atoms with E-state index in [9.17, 15) is 0 Å². The van der Waals surface area contributed by atoms with Gasteiger partial charge in [0.2, 0.25) is 11.9 Å². The van der Waals surface area contributed by atoms with Crippen LogP contribution < -0.4 is 11.1 Å². The predicted octanol–water partition coefficient (Wildman–Crippen LogP) is 3.40. The van der Waals surface area contributed by atoms with Crippen molar-refractivity contribution in [3.8, 4) is 0 Å². The van der Waals surface area contributed by atoms with E-state index in [0.717, 1.165) is 11.3 Å². The standard InChI is InChI=1S/C17H15ClN6O/c18-13-8-6-12(7-9-13)10-20-25-11-15-22-16(19)24-17(23-15)21-14-4-2-1-3-5-14/h1-10H,11H2,(H3,19,21,22,23,24)/b20-10-. The second-order valence-electron chi connectivity index (χ2n) is 4.98. The van der Waals surface area contributed by atoms with Gasteiger partial charge in [-0.1, -0.05) is 47.1 Å². The largest absolute Gasteiger partial charge is 0.388 e. The lowest BCUT2D eigenvalue weighted by Crippen LogP contribution is -2.07. The van der Waals surface area contributed by atoms with Gasteiger partial charge in [-0.2, -0.15) is 15.0 Å². The van der Waals surface area contributed by atoms with Gasteiger partial charge in [0, 0.05) is 10.7 Å². The average Bonchev–Trinajstić information content (AvgIpc) is 2.61. The Labute approximate surface area is 149 Å². The van der Waals surface area contributed by atoms with Gasteiger partial charge in [-0.05, 0) is 29.8 Å². The maximum Gasteiger partial charge on any atom is 0.232 e. The minimum atomic E-state index is 0.0697. The van der Waals surface area contributed by atoms with E-state index in [2.05, 4.69) is 25.4 Å². The topological polar surface area (TPSA) is 98.3 Å². The Balaban J connectivity index is 1.61. The molecule has 0 spiro atoms. The zero-order valence-corrected chi connectivity index (χ0v) is 13.9. The smallest absolute Gasteiger partial charge is 0.232 e. The second-order valence-corrected chi connectivity index (χ2v) is 5.42. The van der Waals surface area contributed by atoms with Crippen LogP contribution in [-0.2, 0) is 11.4 Å². The number of rotatable bonds is 6. The molecule has 8 heteroatoms. The highest BCUT2D eigenvalue weighted by Gasteiger charge is 2.05. The van der Waals surface area contributed by atoms with E-state index in [1.807, 2.05) is 42.5 Å². The Kier molecular flexibility index (Phi) is 5.38. The predicted molar refractivity (Wildman–Crippen MR) is 97.8 cm³/mol. The van der Waals surface area contributed by atoms with E-state index in [4.69, 9.17) is 22.2 Å². The van der Waals surface area contributed by atoms with Crippen LogP contribution in [0.1, 0.15) is 11.4 Å². The number of anilines is 3. The lowest BCUT2D eigenvalue weighted by Gasteiger charge is -2.06. The van der Waals surface area contributed by atoms with Crippen molar-refractivity contribution in [3.05, 3.63) is 71.0 Å². The van der Waals surface area contributed by atoms with E-state index in [1.54, 1.807) is 18.3 Å². The molecular formula is C17H15ClN6O. The van der Waals surface area contributed by atoms with E-state index in [0.29, 0.717) is 16.8 Å². The fourth-order valence-corrected chi connectivity index (χ4v) is 2.08. The van der Waals surface area contributed by atoms with E-state index in [-0.39, 0.29) is 12.6 Å². The lowest BCUT2D eigenvalue weighted by atomic mass is 10.2. The molecule has 1 aromatic heterocycles. The molecular weight excluding hydrogens is 340 g/mol. The highest BCUT2D eigenvalue weighted by atomic mass is 35.5. The van der Waals surface area contributed by atoms with Crippen molar-refractivity contribution in [1.82, 2.24) is 15.0 Å². The first-order valence-corrected chi connectivity index (χ1v) is 7.80. The Hall–Kier alpha value is -3.19. The summed E-state index contributed by atoms with van der Waals surface area (Å²) in [6.07, 6.45) is 1.57. The minimum Gasteiger partial charge on any atom is -0.388 e. The highest BCUT2D eigenvalue weighted by molar-refractivity contribution is 6.30. The number of nitrogens with two attached hydrogens (primary N) is 1. The molecule has 3 rings (SSSR count). The number of nitrogens with zero attached hydrogens (tertiary/aromatic N) is 4. The molecule has 0 fully saturated rings. The van der Waals surface area contributed by atoms with E-state index < -0.39 is 0 Å². The maximum atomic E-state index is 5.82. The summed E-state index contributed by atoms with van der Waals surface area (Å²) in [5, 5.41) is 7.60. The molecule has 0 aliphatic carbocycles. The minimum absolute atomic E-state index is 0.0697. The van der Waals surface area contributed by atoms with Gasteiger partial charge in [-0.15, -0.1) is 0 Å². The number of oxime groups is 1. The van der Waals surface area contributed by atoms with Gasteiger partial charge in [-0.25, -0.2) is 0 Å². The molecule has 0 saturated carbocycles. The molecule has 3 aromatic rings. The van der Waals surface area contributed by atoms with Crippen LogP contribution in [0.2, 0.25) is 5.02 Å². The fraction of sp³-hybridized carbons (Fsp3) is 0.0588. The number of nitrogens with one attached hydrogen (secondary N) is 1. The van der Waals surface area contributed by atoms with Crippen molar-refractivity contribution in [2.24, 2.45) is 5.16 Å². The Morgan fingerprint density at radius 2 is 1.80 bits per heavy atom. The highest BCUT2D eigenvalue weighted by Crippen LogP contribution is 2.13. The number of benzene rings is 2. The van der Waals surface area contributed by atoms with Gasteiger partial charge in [0.1, 0.15) is 0 Å². The molecule has 0 saturated heterocycles. The van der Waals surface area contributed by atoms with Gasteiger partial charge in [0.05, 0.1) is 6.21 Å². The SMILES string of the molecule is Nc1nc(CO/N=C\c2ccc(Cl)cc2)nc(Nc2ccccc2)n1. The molecule has 0 amide bonds. The Morgan fingerprint density at radius 3 is 2.56 bits per heavy atom. The van der Waals surface area contributed by atoms with Gasteiger partial charge in [0.25, 0.3) is 0 Å². The number of nitrogen functional groups attached to an aromatic ring is 1. The van der Waals surface area contributed by atoms with Crippen LogP contribution in [0.15, 0.2) is 59.8 Å². The molecule has 0 bridgehead atoms. The van der Waals surface area contributed by atoms with Crippen molar-refractivity contribution < 1.29 is 4.84 Å².